The van der Waals surface area contributed by atoms with Crippen LogP contribution in [0.15, 0.2) is 18.2 Å². The van der Waals surface area contributed by atoms with Gasteiger partial charge in [-0.1, -0.05) is 19.1 Å². The number of anilines is 1. The maximum Gasteiger partial charge on any atom is 0.182 e. The van der Waals surface area contributed by atoms with Gasteiger partial charge in [0.2, 0.25) is 0 Å². The van der Waals surface area contributed by atoms with Gasteiger partial charge in [0.05, 0.1) is 6.54 Å². The van der Waals surface area contributed by atoms with Crippen molar-refractivity contribution >= 4 is 5.69 Å². The molecular weight excluding hydrogens is 238 g/mol. The second-order valence-corrected chi connectivity index (χ2v) is 5.59. The molecule has 0 amide bonds. The summed E-state index contributed by atoms with van der Waals surface area (Å²) in [5, 5.41) is 12.1. The van der Waals surface area contributed by atoms with Gasteiger partial charge in [0, 0.05) is 11.3 Å². The van der Waals surface area contributed by atoms with Gasteiger partial charge in [-0.05, 0) is 53.7 Å². The molecule has 0 atom stereocenters. The third-order valence-corrected chi connectivity index (χ3v) is 4.26. The predicted octanol–water partition coefficient (Wildman–Crippen LogP) is 2.42. The van der Waals surface area contributed by atoms with E-state index in [2.05, 4.69) is 22.4 Å². The van der Waals surface area contributed by atoms with Crippen LogP contribution in [0.4, 0.5) is 5.69 Å². The van der Waals surface area contributed by atoms with Gasteiger partial charge in [0.15, 0.2) is 5.82 Å². The molecule has 1 saturated carbocycles. The first kappa shape index (κ1) is 12.1. The highest BCUT2D eigenvalue weighted by molar-refractivity contribution is 5.63. The fraction of sp³-hybridized carbons (Fsp3) is 0.500. The molecule has 100 valence electrons. The van der Waals surface area contributed by atoms with Crippen molar-refractivity contribution in [3.63, 3.8) is 0 Å². The van der Waals surface area contributed by atoms with Crippen LogP contribution in [-0.4, -0.2) is 20.2 Å². The first-order valence-electron chi connectivity index (χ1n) is 6.76. The molecule has 1 heterocycles. The second kappa shape index (κ2) is 4.33. The zero-order chi connectivity index (χ0) is 13.5. The van der Waals surface area contributed by atoms with Crippen molar-refractivity contribution in [1.29, 1.82) is 0 Å². The molecule has 0 saturated heterocycles. The van der Waals surface area contributed by atoms with Crippen molar-refractivity contribution in [3.8, 4) is 11.4 Å². The van der Waals surface area contributed by atoms with E-state index in [0.29, 0.717) is 5.41 Å². The minimum absolute atomic E-state index is 0.417. The van der Waals surface area contributed by atoms with E-state index in [-0.39, 0.29) is 0 Å². The van der Waals surface area contributed by atoms with Gasteiger partial charge in [-0.15, -0.1) is 5.10 Å². The van der Waals surface area contributed by atoms with Gasteiger partial charge in [-0.2, -0.15) is 0 Å². The van der Waals surface area contributed by atoms with Crippen LogP contribution in [0.5, 0.6) is 0 Å². The number of benzene rings is 1. The Morgan fingerprint density at radius 2 is 2.16 bits per heavy atom. The smallest absolute Gasteiger partial charge is 0.182 e. The summed E-state index contributed by atoms with van der Waals surface area (Å²) in [6.45, 7) is 5.14. The van der Waals surface area contributed by atoms with Gasteiger partial charge < -0.3 is 5.73 Å². The van der Waals surface area contributed by atoms with E-state index in [1.165, 1.54) is 19.3 Å². The number of nitrogen functional groups attached to an aromatic ring is 1. The highest BCUT2D eigenvalue weighted by atomic mass is 15.5. The summed E-state index contributed by atoms with van der Waals surface area (Å²) in [7, 11) is 0. The average molecular weight is 257 g/mol. The van der Waals surface area contributed by atoms with Crippen LogP contribution in [0.1, 0.15) is 31.7 Å². The Morgan fingerprint density at radius 1 is 1.37 bits per heavy atom. The highest BCUT2D eigenvalue weighted by Crippen LogP contribution is 2.50. The summed E-state index contributed by atoms with van der Waals surface area (Å²) < 4.78 is 1.92. The Bertz CT molecular complexity index is 598. The number of nitrogens with zero attached hydrogens (tertiary/aromatic N) is 4. The fourth-order valence-electron chi connectivity index (χ4n) is 2.42. The Labute approximate surface area is 112 Å². The number of hydrogen-bond donors (Lipinski definition) is 1. The average Bonchev–Trinajstić information content (AvgIpc) is 3.03. The summed E-state index contributed by atoms with van der Waals surface area (Å²) in [4.78, 5) is 0. The molecule has 0 radical (unpaired) electrons. The van der Waals surface area contributed by atoms with Crippen molar-refractivity contribution in [2.45, 2.75) is 39.7 Å². The van der Waals surface area contributed by atoms with E-state index in [9.17, 15) is 0 Å². The Hall–Kier alpha value is -1.91. The minimum Gasteiger partial charge on any atom is -0.398 e. The Balaban J connectivity index is 1.93. The molecule has 0 spiro atoms. The molecule has 1 aliphatic carbocycles. The lowest BCUT2D eigenvalue weighted by Crippen LogP contribution is -2.13. The molecule has 0 bridgehead atoms. The Morgan fingerprint density at radius 3 is 2.79 bits per heavy atom. The molecular formula is C14H19N5. The van der Waals surface area contributed by atoms with E-state index >= 15 is 0 Å². The SMILES string of the molecule is CCC1(Cn2nnnc2-c2ccc(C)c(N)c2)CC1. The summed E-state index contributed by atoms with van der Waals surface area (Å²) in [6, 6.07) is 5.98. The van der Waals surface area contributed by atoms with E-state index in [1.807, 2.05) is 29.8 Å². The van der Waals surface area contributed by atoms with Gasteiger partial charge >= 0.3 is 0 Å². The van der Waals surface area contributed by atoms with Crippen molar-refractivity contribution in [2.75, 3.05) is 5.73 Å². The third kappa shape index (κ3) is 2.20. The van der Waals surface area contributed by atoms with Crippen LogP contribution >= 0.6 is 0 Å². The molecule has 1 aromatic heterocycles. The summed E-state index contributed by atoms with van der Waals surface area (Å²) >= 11 is 0. The fourth-order valence-corrected chi connectivity index (χ4v) is 2.42. The van der Waals surface area contributed by atoms with Crippen LogP contribution in [0.2, 0.25) is 0 Å². The number of nitrogens with two attached hydrogens (primary N) is 1. The lowest BCUT2D eigenvalue weighted by Gasteiger charge is -2.13. The maximum atomic E-state index is 5.96. The van der Waals surface area contributed by atoms with Crippen LogP contribution in [0, 0.1) is 12.3 Å². The monoisotopic (exact) mass is 257 g/mol. The Kier molecular flexibility index (Phi) is 2.77. The molecule has 1 fully saturated rings. The molecule has 5 heteroatoms. The summed E-state index contributed by atoms with van der Waals surface area (Å²) in [5.74, 6) is 0.812. The molecule has 1 aliphatic rings. The van der Waals surface area contributed by atoms with Gasteiger partial charge in [-0.3, -0.25) is 0 Å². The quantitative estimate of drug-likeness (QED) is 0.854. The van der Waals surface area contributed by atoms with Gasteiger partial charge in [0.25, 0.3) is 0 Å². The number of aromatic nitrogens is 4. The molecule has 5 nitrogen and oxygen atoms in total. The van der Waals surface area contributed by atoms with Crippen molar-refractivity contribution in [2.24, 2.45) is 5.41 Å². The lowest BCUT2D eigenvalue weighted by molar-refractivity contribution is 0.382. The molecule has 0 unspecified atom stereocenters. The molecule has 2 aromatic rings. The molecule has 3 rings (SSSR count). The van der Waals surface area contributed by atoms with E-state index in [4.69, 9.17) is 5.73 Å². The van der Waals surface area contributed by atoms with Gasteiger partial charge in [0.1, 0.15) is 0 Å². The number of aryl methyl sites for hydroxylation is 1. The van der Waals surface area contributed by atoms with Crippen molar-refractivity contribution < 1.29 is 0 Å². The summed E-state index contributed by atoms with van der Waals surface area (Å²) in [5.41, 5.74) is 9.23. The van der Waals surface area contributed by atoms with Gasteiger partial charge in [-0.25, -0.2) is 4.68 Å². The standard InChI is InChI=1S/C14H19N5/c1-3-14(6-7-14)9-19-13(16-17-18-19)11-5-4-10(2)12(15)8-11/h4-5,8H,3,6-7,9,15H2,1-2H3. The van der Waals surface area contributed by atoms with Crippen LogP contribution < -0.4 is 5.73 Å². The molecule has 1 aromatic carbocycles. The van der Waals surface area contributed by atoms with E-state index < -0.39 is 0 Å². The predicted molar refractivity (Wildman–Crippen MR) is 74.4 cm³/mol. The minimum atomic E-state index is 0.417. The molecule has 0 aliphatic heterocycles. The van der Waals surface area contributed by atoms with E-state index in [1.54, 1.807) is 0 Å². The third-order valence-electron chi connectivity index (χ3n) is 4.26. The van der Waals surface area contributed by atoms with Crippen LogP contribution in [0.3, 0.4) is 0 Å². The van der Waals surface area contributed by atoms with Crippen LogP contribution in [-0.2, 0) is 6.54 Å². The van der Waals surface area contributed by atoms with Crippen molar-refractivity contribution in [1.82, 2.24) is 20.2 Å². The van der Waals surface area contributed by atoms with Crippen molar-refractivity contribution in [3.05, 3.63) is 23.8 Å². The first-order chi connectivity index (χ1) is 9.13. The summed E-state index contributed by atoms with van der Waals surface area (Å²) in [6.07, 6.45) is 3.74. The number of tetrazole rings is 1. The van der Waals surface area contributed by atoms with Crippen LogP contribution in [0.25, 0.3) is 11.4 Å². The molecule has 19 heavy (non-hydrogen) atoms. The lowest BCUT2D eigenvalue weighted by atomic mass is 10.0. The zero-order valence-corrected chi connectivity index (χ0v) is 11.4. The topological polar surface area (TPSA) is 69.6 Å². The highest BCUT2D eigenvalue weighted by Gasteiger charge is 2.41. The maximum absolute atomic E-state index is 5.96. The van der Waals surface area contributed by atoms with E-state index in [0.717, 1.165) is 29.2 Å². The normalized spacial score (nSPS) is 16.5. The molecule has 2 N–H and O–H groups in total. The zero-order valence-electron chi connectivity index (χ0n) is 11.4. The largest absolute Gasteiger partial charge is 0.398 e. The number of hydrogen-bond acceptors (Lipinski definition) is 4. The first-order valence-corrected chi connectivity index (χ1v) is 6.76. The second-order valence-electron chi connectivity index (χ2n) is 5.59. The number of rotatable bonds is 4.